The molecular formula is C16H12BrN3O. The minimum absolute atomic E-state index is 0.0246. The zero-order chi connectivity index (χ0) is 14.8. The normalized spacial score (nSPS) is 10.5. The molecule has 0 aliphatic carbocycles. The van der Waals surface area contributed by atoms with Crippen molar-refractivity contribution in [3.63, 3.8) is 0 Å². The quantitative estimate of drug-likeness (QED) is 0.557. The predicted octanol–water partition coefficient (Wildman–Crippen LogP) is 4.07. The van der Waals surface area contributed by atoms with Gasteiger partial charge in [-0.15, -0.1) is 0 Å². The van der Waals surface area contributed by atoms with Crippen molar-refractivity contribution in [2.75, 3.05) is 0 Å². The first-order chi connectivity index (χ1) is 10.1. The average molecular weight is 342 g/mol. The van der Waals surface area contributed by atoms with Gasteiger partial charge in [0.25, 0.3) is 0 Å². The number of nitrogens with two attached hydrogens (primary N) is 1. The van der Waals surface area contributed by atoms with Crippen LogP contribution in [-0.2, 0) is 0 Å². The number of ether oxygens (including phenoxy) is 1. The van der Waals surface area contributed by atoms with E-state index >= 15 is 0 Å². The molecule has 5 heteroatoms. The average Bonchev–Trinajstić information content (AvgIpc) is 2.49. The largest absolute Gasteiger partial charge is 0.455 e. The van der Waals surface area contributed by atoms with Gasteiger partial charge in [0.15, 0.2) is 0 Å². The van der Waals surface area contributed by atoms with Crippen molar-refractivity contribution in [2.45, 2.75) is 0 Å². The SMILES string of the molecule is N=C(N)c1ccc(Oc2cccc3ncccc23)c(Br)c1. The van der Waals surface area contributed by atoms with Crippen molar-refractivity contribution in [1.82, 2.24) is 4.98 Å². The summed E-state index contributed by atoms with van der Waals surface area (Å²) in [5.74, 6) is 1.42. The molecule has 0 amide bonds. The molecule has 0 saturated heterocycles. The third kappa shape index (κ3) is 2.73. The Morgan fingerprint density at radius 2 is 1.95 bits per heavy atom. The molecule has 0 radical (unpaired) electrons. The first kappa shape index (κ1) is 13.6. The van der Waals surface area contributed by atoms with Crippen molar-refractivity contribution in [2.24, 2.45) is 5.73 Å². The van der Waals surface area contributed by atoms with Crippen LogP contribution in [0.3, 0.4) is 0 Å². The lowest BCUT2D eigenvalue weighted by molar-refractivity contribution is 0.485. The summed E-state index contributed by atoms with van der Waals surface area (Å²) >= 11 is 3.44. The zero-order valence-corrected chi connectivity index (χ0v) is 12.6. The van der Waals surface area contributed by atoms with Crippen molar-refractivity contribution >= 4 is 32.7 Å². The van der Waals surface area contributed by atoms with Crippen LogP contribution in [0.1, 0.15) is 5.56 Å². The zero-order valence-electron chi connectivity index (χ0n) is 11.0. The molecule has 0 fully saturated rings. The molecule has 1 aromatic heterocycles. The second kappa shape index (κ2) is 5.54. The fourth-order valence-electron chi connectivity index (χ4n) is 2.03. The maximum absolute atomic E-state index is 7.44. The minimum Gasteiger partial charge on any atom is -0.455 e. The van der Waals surface area contributed by atoms with Gasteiger partial charge in [-0.05, 0) is 58.4 Å². The number of rotatable bonds is 3. The first-order valence-corrected chi connectivity index (χ1v) is 7.10. The van der Waals surface area contributed by atoms with Crippen molar-refractivity contribution < 1.29 is 4.74 Å². The molecule has 0 aliphatic rings. The van der Waals surface area contributed by atoms with Crippen LogP contribution >= 0.6 is 15.9 Å². The van der Waals surface area contributed by atoms with Gasteiger partial charge >= 0.3 is 0 Å². The van der Waals surface area contributed by atoms with Crippen LogP contribution in [-0.4, -0.2) is 10.8 Å². The van der Waals surface area contributed by atoms with Crippen LogP contribution < -0.4 is 10.5 Å². The number of benzene rings is 2. The summed E-state index contributed by atoms with van der Waals surface area (Å²) in [6, 6.07) is 14.9. The monoisotopic (exact) mass is 341 g/mol. The Bertz CT molecular complexity index is 827. The highest BCUT2D eigenvalue weighted by Crippen LogP contribution is 2.33. The molecule has 3 rings (SSSR count). The lowest BCUT2D eigenvalue weighted by atomic mass is 10.2. The molecule has 3 N–H and O–H groups in total. The Balaban J connectivity index is 2.01. The maximum Gasteiger partial charge on any atom is 0.141 e. The number of fused-ring (bicyclic) bond motifs is 1. The fourth-order valence-corrected chi connectivity index (χ4v) is 2.49. The summed E-state index contributed by atoms with van der Waals surface area (Å²) < 4.78 is 6.71. The van der Waals surface area contributed by atoms with E-state index in [-0.39, 0.29) is 5.84 Å². The third-order valence-corrected chi connectivity index (χ3v) is 3.69. The maximum atomic E-state index is 7.44. The molecule has 0 spiro atoms. The van der Waals surface area contributed by atoms with Gasteiger partial charge in [0.2, 0.25) is 0 Å². The van der Waals surface area contributed by atoms with Crippen LogP contribution in [0, 0.1) is 5.41 Å². The molecule has 104 valence electrons. The van der Waals surface area contributed by atoms with Gasteiger partial charge in [-0.2, -0.15) is 0 Å². The summed E-state index contributed by atoms with van der Waals surface area (Å²) in [5.41, 5.74) is 7.00. The molecule has 2 aromatic carbocycles. The molecule has 0 unspecified atom stereocenters. The van der Waals surface area contributed by atoms with E-state index in [1.807, 2.05) is 30.3 Å². The highest BCUT2D eigenvalue weighted by atomic mass is 79.9. The Morgan fingerprint density at radius 3 is 2.71 bits per heavy atom. The number of pyridine rings is 1. The van der Waals surface area contributed by atoms with Crippen molar-refractivity contribution in [3.8, 4) is 11.5 Å². The number of nitrogens with zero attached hydrogens (tertiary/aromatic N) is 1. The van der Waals surface area contributed by atoms with Gasteiger partial charge in [-0.1, -0.05) is 6.07 Å². The minimum atomic E-state index is 0.0246. The van der Waals surface area contributed by atoms with E-state index in [0.29, 0.717) is 11.3 Å². The van der Waals surface area contributed by atoms with E-state index in [2.05, 4.69) is 20.9 Å². The molecule has 0 bridgehead atoms. The van der Waals surface area contributed by atoms with Crippen LogP contribution in [0.15, 0.2) is 59.2 Å². The van der Waals surface area contributed by atoms with E-state index < -0.39 is 0 Å². The van der Waals surface area contributed by atoms with Crippen molar-refractivity contribution in [1.29, 1.82) is 5.41 Å². The van der Waals surface area contributed by atoms with Crippen LogP contribution in [0.5, 0.6) is 11.5 Å². The smallest absolute Gasteiger partial charge is 0.141 e. The number of hydrogen-bond acceptors (Lipinski definition) is 3. The number of halogens is 1. The van der Waals surface area contributed by atoms with Crippen LogP contribution in [0.25, 0.3) is 10.9 Å². The second-order valence-electron chi connectivity index (χ2n) is 4.49. The lowest BCUT2D eigenvalue weighted by Gasteiger charge is -2.11. The van der Waals surface area contributed by atoms with E-state index in [9.17, 15) is 0 Å². The van der Waals surface area contributed by atoms with Crippen LogP contribution in [0.2, 0.25) is 0 Å². The lowest BCUT2D eigenvalue weighted by Crippen LogP contribution is -2.10. The molecule has 1 heterocycles. The Morgan fingerprint density at radius 1 is 1.10 bits per heavy atom. The Kier molecular flexibility index (Phi) is 3.58. The van der Waals surface area contributed by atoms with Gasteiger partial charge in [0, 0.05) is 17.1 Å². The fraction of sp³-hybridized carbons (Fsp3) is 0. The summed E-state index contributed by atoms with van der Waals surface area (Å²) in [5, 5.41) is 8.39. The molecule has 0 aliphatic heterocycles. The Labute approximate surface area is 130 Å². The summed E-state index contributed by atoms with van der Waals surface area (Å²) in [4.78, 5) is 4.31. The standard InChI is InChI=1S/C16H12BrN3O/c17-12-9-10(16(18)19)6-7-15(12)21-14-5-1-4-13-11(14)3-2-8-20-13/h1-9H,(H3,18,19). The van der Waals surface area contributed by atoms with E-state index in [1.54, 1.807) is 24.4 Å². The number of aromatic nitrogens is 1. The summed E-state index contributed by atoms with van der Waals surface area (Å²) in [7, 11) is 0. The van der Waals surface area contributed by atoms with Gasteiger partial charge in [-0.25, -0.2) is 0 Å². The molecule has 0 saturated carbocycles. The van der Waals surface area contributed by atoms with Gasteiger partial charge < -0.3 is 10.5 Å². The first-order valence-electron chi connectivity index (χ1n) is 6.31. The number of hydrogen-bond donors (Lipinski definition) is 2. The summed E-state index contributed by atoms with van der Waals surface area (Å²) in [6.07, 6.45) is 1.75. The Hall–Kier alpha value is -2.40. The van der Waals surface area contributed by atoms with E-state index in [1.165, 1.54) is 0 Å². The molecule has 4 nitrogen and oxygen atoms in total. The topological polar surface area (TPSA) is 72.0 Å². The van der Waals surface area contributed by atoms with Gasteiger partial charge in [-0.3, -0.25) is 10.4 Å². The number of nitrogen functional groups attached to an aromatic ring is 1. The van der Waals surface area contributed by atoms with E-state index in [4.69, 9.17) is 15.9 Å². The van der Waals surface area contributed by atoms with Gasteiger partial charge in [0.05, 0.1) is 9.99 Å². The van der Waals surface area contributed by atoms with Crippen molar-refractivity contribution in [3.05, 3.63) is 64.8 Å². The number of amidine groups is 1. The van der Waals surface area contributed by atoms with Gasteiger partial charge in [0.1, 0.15) is 17.3 Å². The van der Waals surface area contributed by atoms with Crippen LogP contribution in [0.4, 0.5) is 0 Å². The van der Waals surface area contributed by atoms with E-state index in [0.717, 1.165) is 21.1 Å². The third-order valence-electron chi connectivity index (χ3n) is 3.07. The number of nitrogens with one attached hydrogen (secondary N) is 1. The predicted molar refractivity (Wildman–Crippen MR) is 87.0 cm³/mol. The second-order valence-corrected chi connectivity index (χ2v) is 5.34. The highest BCUT2D eigenvalue weighted by Gasteiger charge is 2.08. The molecule has 21 heavy (non-hydrogen) atoms. The highest BCUT2D eigenvalue weighted by molar-refractivity contribution is 9.10. The molecule has 0 atom stereocenters. The molecular weight excluding hydrogens is 330 g/mol. The summed E-state index contributed by atoms with van der Waals surface area (Å²) in [6.45, 7) is 0. The molecule has 3 aromatic rings.